The number of hydrogen-bond donors (Lipinski definition) is 2. The number of hydrogen-bond acceptors (Lipinski definition) is 5. The number of thioether (sulfide) groups is 1. The van der Waals surface area contributed by atoms with E-state index < -0.39 is 0 Å². The molecule has 0 saturated carbocycles. The third kappa shape index (κ3) is 5.04. The quantitative estimate of drug-likeness (QED) is 0.398. The van der Waals surface area contributed by atoms with E-state index in [-0.39, 0.29) is 18.2 Å². The largest absolute Gasteiger partial charge is 0.351 e. The lowest BCUT2D eigenvalue weighted by molar-refractivity contribution is -0.118. The minimum absolute atomic E-state index is 0.106. The molecule has 3 N–H and O–H groups in total. The first-order valence-electron chi connectivity index (χ1n) is 7.84. The Morgan fingerprint density at radius 3 is 2.39 bits per heavy atom. The first-order valence-corrected chi connectivity index (χ1v) is 10.3. The van der Waals surface area contributed by atoms with Crippen molar-refractivity contribution in [2.24, 2.45) is 0 Å². The van der Waals surface area contributed by atoms with Crippen molar-refractivity contribution in [2.75, 3.05) is 11.6 Å². The van der Waals surface area contributed by atoms with Crippen LogP contribution in [0.1, 0.15) is 5.56 Å². The zero-order chi connectivity index (χ0) is 20.3. The molecule has 0 spiro atoms. The number of nitrogen functional groups attached to an aromatic ring is 1. The van der Waals surface area contributed by atoms with Crippen molar-refractivity contribution in [3.63, 3.8) is 0 Å². The standard InChI is InChI=1S/C17H13Cl4N5OS/c18-10-2-1-9(13(20)5-10)7-23-15(27)8-28-17-25-24-16(26(17)22)12-4-3-11(19)6-14(12)21/h1-6H,7-8,22H2,(H,23,27). The number of nitrogens with one attached hydrogen (secondary N) is 1. The van der Waals surface area contributed by atoms with Gasteiger partial charge >= 0.3 is 0 Å². The van der Waals surface area contributed by atoms with Gasteiger partial charge in [0.2, 0.25) is 11.1 Å². The molecule has 1 aromatic heterocycles. The lowest BCUT2D eigenvalue weighted by Gasteiger charge is -2.08. The SMILES string of the molecule is Nn1c(SCC(=O)NCc2ccc(Cl)cc2Cl)nnc1-c1ccc(Cl)cc1Cl. The normalized spacial score (nSPS) is 10.9. The predicted octanol–water partition coefficient (Wildman–Crippen LogP) is 4.68. The van der Waals surface area contributed by atoms with Gasteiger partial charge in [0.15, 0.2) is 5.82 Å². The van der Waals surface area contributed by atoms with Gasteiger partial charge in [-0.3, -0.25) is 4.79 Å². The first kappa shape index (κ1) is 21.1. The summed E-state index contributed by atoms with van der Waals surface area (Å²) in [6, 6.07) is 10.1. The number of nitrogens with two attached hydrogens (primary N) is 1. The van der Waals surface area contributed by atoms with Crippen LogP contribution in [0.4, 0.5) is 0 Å². The van der Waals surface area contributed by atoms with Crippen LogP contribution in [-0.2, 0) is 11.3 Å². The van der Waals surface area contributed by atoms with Crippen LogP contribution in [0.15, 0.2) is 41.6 Å². The molecule has 146 valence electrons. The summed E-state index contributed by atoms with van der Waals surface area (Å²) in [5.74, 6) is 6.32. The zero-order valence-electron chi connectivity index (χ0n) is 14.1. The summed E-state index contributed by atoms with van der Waals surface area (Å²) < 4.78 is 1.28. The molecular weight excluding hydrogens is 464 g/mol. The van der Waals surface area contributed by atoms with Gasteiger partial charge in [-0.15, -0.1) is 10.2 Å². The Balaban J connectivity index is 1.60. The third-order valence-electron chi connectivity index (χ3n) is 3.66. The minimum atomic E-state index is -0.204. The van der Waals surface area contributed by atoms with E-state index in [1.807, 2.05) is 0 Å². The van der Waals surface area contributed by atoms with Crippen LogP contribution in [-0.4, -0.2) is 26.5 Å². The van der Waals surface area contributed by atoms with E-state index in [1.54, 1.807) is 36.4 Å². The van der Waals surface area contributed by atoms with Crippen molar-refractivity contribution in [3.8, 4) is 11.4 Å². The van der Waals surface area contributed by atoms with Crippen molar-refractivity contribution >= 4 is 64.1 Å². The maximum atomic E-state index is 12.1. The summed E-state index contributed by atoms with van der Waals surface area (Å²) in [7, 11) is 0. The molecule has 0 aliphatic rings. The summed E-state index contributed by atoms with van der Waals surface area (Å²) in [6.07, 6.45) is 0. The van der Waals surface area contributed by atoms with Gasteiger partial charge in [-0.05, 0) is 35.9 Å². The molecule has 3 rings (SSSR count). The molecule has 1 amide bonds. The Kier molecular flexibility index (Phi) is 6.95. The van der Waals surface area contributed by atoms with Crippen LogP contribution in [0.25, 0.3) is 11.4 Å². The molecule has 3 aromatic rings. The number of amides is 1. The molecule has 2 aromatic carbocycles. The van der Waals surface area contributed by atoms with Gasteiger partial charge in [0.25, 0.3) is 0 Å². The summed E-state index contributed by atoms with van der Waals surface area (Å²) in [5.41, 5.74) is 1.36. The zero-order valence-corrected chi connectivity index (χ0v) is 18.0. The Morgan fingerprint density at radius 1 is 1.04 bits per heavy atom. The van der Waals surface area contributed by atoms with Crippen LogP contribution >= 0.6 is 58.2 Å². The molecule has 0 atom stereocenters. The van der Waals surface area contributed by atoms with Gasteiger partial charge in [0.05, 0.1) is 10.8 Å². The van der Waals surface area contributed by atoms with Crippen molar-refractivity contribution in [3.05, 3.63) is 62.1 Å². The highest BCUT2D eigenvalue weighted by Crippen LogP contribution is 2.30. The number of halogens is 4. The van der Waals surface area contributed by atoms with Crippen molar-refractivity contribution in [1.29, 1.82) is 0 Å². The molecule has 0 radical (unpaired) electrons. The molecule has 1 heterocycles. The fourth-order valence-corrected chi connectivity index (χ4v) is 3.92. The average molecular weight is 477 g/mol. The van der Waals surface area contributed by atoms with E-state index in [0.717, 1.165) is 17.3 Å². The van der Waals surface area contributed by atoms with Crippen LogP contribution in [0, 0.1) is 0 Å². The number of carbonyl (C=O) groups is 1. The van der Waals surface area contributed by atoms with E-state index in [2.05, 4.69) is 15.5 Å². The molecule has 11 heteroatoms. The Bertz CT molecular complexity index is 1030. The van der Waals surface area contributed by atoms with Crippen LogP contribution in [0.5, 0.6) is 0 Å². The first-order chi connectivity index (χ1) is 13.3. The van der Waals surface area contributed by atoms with Gasteiger partial charge in [-0.2, -0.15) is 0 Å². The average Bonchev–Trinajstić information content (AvgIpc) is 3.00. The Morgan fingerprint density at radius 2 is 1.71 bits per heavy atom. The van der Waals surface area contributed by atoms with Gasteiger partial charge in [-0.25, -0.2) is 4.68 Å². The highest BCUT2D eigenvalue weighted by Gasteiger charge is 2.16. The van der Waals surface area contributed by atoms with E-state index in [0.29, 0.717) is 36.6 Å². The Hall–Kier alpha value is -1.64. The van der Waals surface area contributed by atoms with E-state index in [4.69, 9.17) is 52.2 Å². The number of rotatable bonds is 6. The summed E-state index contributed by atoms with van der Waals surface area (Å²) >= 11 is 25.2. The van der Waals surface area contributed by atoms with Gasteiger partial charge in [-0.1, -0.05) is 64.2 Å². The summed E-state index contributed by atoms with van der Waals surface area (Å²) in [6.45, 7) is 0.288. The second-order valence-electron chi connectivity index (χ2n) is 5.60. The van der Waals surface area contributed by atoms with Gasteiger partial charge in [0.1, 0.15) is 0 Å². The van der Waals surface area contributed by atoms with Gasteiger partial charge < -0.3 is 11.2 Å². The molecular formula is C17H13Cl4N5OS. The minimum Gasteiger partial charge on any atom is -0.351 e. The lowest BCUT2D eigenvalue weighted by Crippen LogP contribution is -2.25. The maximum absolute atomic E-state index is 12.1. The number of nitrogens with zero attached hydrogens (tertiary/aromatic N) is 3. The topological polar surface area (TPSA) is 85.8 Å². The van der Waals surface area contributed by atoms with E-state index >= 15 is 0 Å². The fraction of sp³-hybridized carbons (Fsp3) is 0.118. The fourth-order valence-electron chi connectivity index (χ4n) is 2.27. The van der Waals surface area contributed by atoms with Crippen LogP contribution in [0.2, 0.25) is 20.1 Å². The Labute approximate surface area is 185 Å². The monoisotopic (exact) mass is 475 g/mol. The summed E-state index contributed by atoms with van der Waals surface area (Å²) in [5, 5.41) is 13.2. The second kappa shape index (κ2) is 9.24. The number of carbonyl (C=O) groups excluding carboxylic acids is 1. The molecule has 6 nitrogen and oxygen atoms in total. The molecule has 0 unspecified atom stereocenters. The molecule has 0 bridgehead atoms. The molecule has 0 aliphatic carbocycles. The maximum Gasteiger partial charge on any atom is 0.230 e. The highest BCUT2D eigenvalue weighted by molar-refractivity contribution is 7.99. The highest BCUT2D eigenvalue weighted by atomic mass is 35.5. The van der Waals surface area contributed by atoms with E-state index in [9.17, 15) is 4.79 Å². The predicted molar refractivity (Wildman–Crippen MR) is 115 cm³/mol. The smallest absolute Gasteiger partial charge is 0.230 e. The van der Waals surface area contributed by atoms with Gasteiger partial charge in [0, 0.05) is 27.2 Å². The second-order valence-corrected chi connectivity index (χ2v) is 8.23. The van der Waals surface area contributed by atoms with Crippen molar-refractivity contribution in [1.82, 2.24) is 20.2 Å². The lowest BCUT2D eigenvalue weighted by atomic mass is 10.2. The molecule has 0 fully saturated rings. The molecule has 0 aliphatic heterocycles. The molecule has 0 saturated heterocycles. The molecule has 28 heavy (non-hydrogen) atoms. The number of aromatic nitrogens is 3. The van der Waals surface area contributed by atoms with Crippen LogP contribution in [0.3, 0.4) is 0 Å². The summed E-state index contributed by atoms with van der Waals surface area (Å²) in [4.78, 5) is 12.1. The number of benzene rings is 2. The van der Waals surface area contributed by atoms with Crippen LogP contribution < -0.4 is 11.2 Å². The third-order valence-corrected chi connectivity index (χ3v) is 5.74. The van der Waals surface area contributed by atoms with Crippen molar-refractivity contribution < 1.29 is 4.79 Å². The van der Waals surface area contributed by atoms with Crippen molar-refractivity contribution in [2.45, 2.75) is 11.7 Å². The van der Waals surface area contributed by atoms with E-state index in [1.165, 1.54) is 4.68 Å².